The number of carbonyl (C=O) groups excluding carboxylic acids is 1. The van der Waals surface area contributed by atoms with E-state index in [1.165, 1.54) is 4.88 Å². The molecule has 1 aromatic heterocycles. The van der Waals surface area contributed by atoms with Gasteiger partial charge in [-0.2, -0.15) is 0 Å². The van der Waals surface area contributed by atoms with E-state index in [2.05, 4.69) is 22.8 Å². The number of benzene rings is 1. The van der Waals surface area contributed by atoms with Crippen molar-refractivity contribution in [2.24, 2.45) is 0 Å². The first-order valence-electron chi connectivity index (χ1n) is 7.20. The van der Waals surface area contributed by atoms with Gasteiger partial charge in [-0.3, -0.25) is 4.79 Å². The Morgan fingerprint density at radius 2 is 2.05 bits per heavy atom. The highest BCUT2D eigenvalue weighted by atomic mass is 32.1. The summed E-state index contributed by atoms with van der Waals surface area (Å²) in [7, 11) is 1.64. The van der Waals surface area contributed by atoms with Crippen molar-refractivity contribution in [3.05, 3.63) is 52.2 Å². The van der Waals surface area contributed by atoms with E-state index in [-0.39, 0.29) is 5.91 Å². The molecular weight excluding hydrogens is 282 g/mol. The number of methoxy groups -OCH3 is 1. The van der Waals surface area contributed by atoms with E-state index in [1.807, 2.05) is 24.3 Å². The Morgan fingerprint density at radius 3 is 2.81 bits per heavy atom. The normalized spacial score (nSPS) is 10.3. The van der Waals surface area contributed by atoms with Gasteiger partial charge in [-0.05, 0) is 36.8 Å². The molecule has 0 atom stereocenters. The zero-order valence-electron chi connectivity index (χ0n) is 12.3. The van der Waals surface area contributed by atoms with Gasteiger partial charge in [-0.25, -0.2) is 0 Å². The quantitative estimate of drug-likeness (QED) is 0.754. The molecule has 1 heterocycles. The first-order chi connectivity index (χ1) is 10.3. The van der Waals surface area contributed by atoms with Gasteiger partial charge in [0.25, 0.3) is 0 Å². The monoisotopic (exact) mass is 303 g/mol. The number of amides is 1. The Bertz CT molecular complexity index is 552. The number of nitrogens with one attached hydrogen (secondary N) is 1. The third kappa shape index (κ3) is 5.23. The summed E-state index contributed by atoms with van der Waals surface area (Å²) in [5.41, 5.74) is 1.01. The lowest BCUT2D eigenvalue weighted by Crippen LogP contribution is -2.22. The van der Waals surface area contributed by atoms with Gasteiger partial charge in [-0.1, -0.05) is 24.3 Å². The van der Waals surface area contributed by atoms with Crippen molar-refractivity contribution in [1.82, 2.24) is 5.32 Å². The molecule has 4 heteroatoms. The zero-order valence-corrected chi connectivity index (χ0v) is 13.1. The minimum Gasteiger partial charge on any atom is -0.496 e. The maximum absolute atomic E-state index is 11.8. The summed E-state index contributed by atoms with van der Waals surface area (Å²) >= 11 is 1.78. The molecule has 21 heavy (non-hydrogen) atoms. The number of hydrogen-bond acceptors (Lipinski definition) is 3. The second-order valence-electron chi connectivity index (χ2n) is 4.88. The molecule has 0 saturated carbocycles. The van der Waals surface area contributed by atoms with Crippen molar-refractivity contribution in [2.45, 2.75) is 32.2 Å². The van der Waals surface area contributed by atoms with Gasteiger partial charge in [0.15, 0.2) is 0 Å². The van der Waals surface area contributed by atoms with E-state index in [9.17, 15) is 4.79 Å². The Labute approximate surface area is 130 Å². The van der Waals surface area contributed by atoms with Crippen LogP contribution in [0.1, 0.15) is 29.7 Å². The topological polar surface area (TPSA) is 38.3 Å². The number of unbranched alkanes of at least 4 members (excludes halogenated alkanes) is 1. The first kappa shape index (κ1) is 15.6. The van der Waals surface area contributed by atoms with Crippen LogP contribution in [0.5, 0.6) is 5.75 Å². The molecule has 0 spiro atoms. The zero-order chi connectivity index (χ0) is 14.9. The average molecular weight is 303 g/mol. The number of aryl methyl sites for hydroxylation is 1. The molecule has 2 rings (SSSR count). The molecule has 0 aliphatic rings. The molecule has 2 aromatic rings. The fourth-order valence-corrected chi connectivity index (χ4v) is 2.92. The third-order valence-electron chi connectivity index (χ3n) is 3.33. The minimum absolute atomic E-state index is 0.104. The average Bonchev–Trinajstić information content (AvgIpc) is 3.03. The number of ether oxygens (including phenoxy) is 1. The summed E-state index contributed by atoms with van der Waals surface area (Å²) in [4.78, 5) is 13.2. The van der Waals surface area contributed by atoms with E-state index in [4.69, 9.17) is 4.74 Å². The van der Waals surface area contributed by atoms with Crippen molar-refractivity contribution >= 4 is 17.2 Å². The van der Waals surface area contributed by atoms with Crippen LogP contribution in [0.2, 0.25) is 0 Å². The van der Waals surface area contributed by atoms with E-state index in [1.54, 1.807) is 18.4 Å². The number of hydrogen-bond donors (Lipinski definition) is 1. The SMILES string of the molecule is COc1ccccc1CNC(=O)CCCCc1cccs1. The van der Waals surface area contributed by atoms with Crippen LogP contribution < -0.4 is 10.1 Å². The van der Waals surface area contributed by atoms with Crippen LogP contribution >= 0.6 is 11.3 Å². The van der Waals surface area contributed by atoms with Gasteiger partial charge in [0.05, 0.1) is 7.11 Å². The highest BCUT2D eigenvalue weighted by molar-refractivity contribution is 7.09. The third-order valence-corrected chi connectivity index (χ3v) is 4.26. The van der Waals surface area contributed by atoms with Gasteiger partial charge >= 0.3 is 0 Å². The van der Waals surface area contributed by atoms with E-state index in [0.717, 1.165) is 30.6 Å². The molecule has 0 bridgehead atoms. The summed E-state index contributed by atoms with van der Waals surface area (Å²) in [6.45, 7) is 0.522. The fraction of sp³-hybridized carbons (Fsp3) is 0.353. The Morgan fingerprint density at radius 1 is 1.19 bits per heavy atom. The van der Waals surface area contributed by atoms with Crippen LogP contribution in [-0.4, -0.2) is 13.0 Å². The molecular formula is C17H21NO2S. The van der Waals surface area contributed by atoms with Gasteiger partial charge in [0, 0.05) is 23.4 Å². The minimum atomic E-state index is 0.104. The summed E-state index contributed by atoms with van der Waals surface area (Å²) in [5.74, 6) is 0.919. The highest BCUT2D eigenvalue weighted by Gasteiger charge is 2.05. The lowest BCUT2D eigenvalue weighted by Gasteiger charge is -2.09. The smallest absolute Gasteiger partial charge is 0.220 e. The molecule has 0 unspecified atom stereocenters. The molecule has 1 N–H and O–H groups in total. The second kappa shape index (κ2) is 8.47. The second-order valence-corrected chi connectivity index (χ2v) is 5.91. The van der Waals surface area contributed by atoms with E-state index >= 15 is 0 Å². The summed E-state index contributed by atoms with van der Waals surface area (Å²) in [5, 5.41) is 5.04. The van der Waals surface area contributed by atoms with Crippen LogP contribution in [0, 0.1) is 0 Å². The molecule has 0 aliphatic carbocycles. The van der Waals surface area contributed by atoms with Gasteiger partial charge < -0.3 is 10.1 Å². The molecule has 0 saturated heterocycles. The largest absolute Gasteiger partial charge is 0.496 e. The van der Waals surface area contributed by atoms with Crippen molar-refractivity contribution in [1.29, 1.82) is 0 Å². The molecule has 0 fully saturated rings. The first-order valence-corrected chi connectivity index (χ1v) is 8.08. The van der Waals surface area contributed by atoms with Crippen LogP contribution in [0.4, 0.5) is 0 Å². The van der Waals surface area contributed by atoms with Crippen LogP contribution in [0.15, 0.2) is 41.8 Å². The van der Waals surface area contributed by atoms with Gasteiger partial charge in [-0.15, -0.1) is 11.3 Å². The number of thiophene rings is 1. The number of carbonyl (C=O) groups is 1. The van der Waals surface area contributed by atoms with Crippen molar-refractivity contribution in [3.8, 4) is 5.75 Å². The lowest BCUT2D eigenvalue weighted by atomic mass is 10.1. The highest BCUT2D eigenvalue weighted by Crippen LogP contribution is 2.17. The molecule has 112 valence electrons. The van der Waals surface area contributed by atoms with Gasteiger partial charge in [0.2, 0.25) is 5.91 Å². The molecule has 3 nitrogen and oxygen atoms in total. The standard InChI is InChI=1S/C17H21NO2S/c1-20-16-10-4-2-7-14(16)13-18-17(19)11-5-3-8-15-9-6-12-21-15/h2,4,6-7,9-10,12H,3,5,8,11,13H2,1H3,(H,18,19). The Hall–Kier alpha value is -1.81. The molecule has 1 amide bonds. The van der Waals surface area contributed by atoms with Crippen LogP contribution in [0.3, 0.4) is 0 Å². The van der Waals surface area contributed by atoms with Gasteiger partial charge in [0.1, 0.15) is 5.75 Å². The predicted octanol–water partition coefficient (Wildman–Crippen LogP) is 3.79. The maximum Gasteiger partial charge on any atom is 0.220 e. The summed E-state index contributed by atoms with van der Waals surface area (Å²) < 4.78 is 5.27. The predicted molar refractivity (Wildman–Crippen MR) is 86.7 cm³/mol. The van der Waals surface area contributed by atoms with E-state index in [0.29, 0.717) is 13.0 Å². The number of para-hydroxylation sites is 1. The van der Waals surface area contributed by atoms with Crippen molar-refractivity contribution in [3.63, 3.8) is 0 Å². The fourth-order valence-electron chi connectivity index (χ4n) is 2.17. The molecule has 0 radical (unpaired) electrons. The Balaban J connectivity index is 1.65. The Kier molecular flexibility index (Phi) is 6.28. The summed E-state index contributed by atoms with van der Waals surface area (Å²) in [6, 6.07) is 12.0. The number of rotatable bonds is 8. The van der Waals surface area contributed by atoms with Crippen LogP contribution in [0.25, 0.3) is 0 Å². The maximum atomic E-state index is 11.8. The molecule has 1 aromatic carbocycles. The lowest BCUT2D eigenvalue weighted by molar-refractivity contribution is -0.121. The van der Waals surface area contributed by atoms with Crippen LogP contribution in [-0.2, 0) is 17.8 Å². The van der Waals surface area contributed by atoms with E-state index < -0.39 is 0 Å². The molecule has 0 aliphatic heterocycles. The summed E-state index contributed by atoms with van der Waals surface area (Å²) in [6.07, 6.45) is 3.64. The van der Waals surface area contributed by atoms with Crippen molar-refractivity contribution < 1.29 is 9.53 Å². The van der Waals surface area contributed by atoms with Crippen molar-refractivity contribution in [2.75, 3.05) is 7.11 Å².